The van der Waals surface area contributed by atoms with E-state index in [0.717, 1.165) is 6.07 Å². The molecule has 0 saturated carbocycles. The number of esters is 1. The molecule has 38 heavy (non-hydrogen) atoms. The minimum absolute atomic E-state index is 0. The molecule has 9 nitrogen and oxygen atoms in total. The number of aromatic amines is 1. The Morgan fingerprint density at radius 3 is 2.58 bits per heavy atom. The normalized spacial score (nSPS) is 16.1. The molecule has 1 aromatic heterocycles. The third kappa shape index (κ3) is 6.37. The number of nitrogens with zero attached hydrogens (tertiary/aromatic N) is 1. The van der Waals surface area contributed by atoms with Gasteiger partial charge in [-0.2, -0.15) is 13.2 Å². The number of alkyl halides is 3. The minimum atomic E-state index is -4.61. The number of hydrogen-bond acceptors (Lipinski definition) is 7. The maximum Gasteiger partial charge on any atom is 1.00 e. The van der Waals surface area contributed by atoms with E-state index in [2.05, 4.69) is 4.98 Å². The number of cyclic esters (lactones) is 1. The Balaban J connectivity index is 0.00000400. The molecule has 3 aromatic rings. The first-order chi connectivity index (χ1) is 17.4. The van der Waals surface area contributed by atoms with Gasteiger partial charge in [0.15, 0.2) is 6.10 Å². The minimum Gasteiger partial charge on any atom is -0.550 e. The zero-order valence-corrected chi connectivity index (χ0v) is 22.3. The second kappa shape index (κ2) is 11.6. The molecule has 2 heterocycles. The molecule has 1 aliphatic rings. The maximum absolute atomic E-state index is 13.4. The first-order valence-corrected chi connectivity index (χ1v) is 11.1. The van der Waals surface area contributed by atoms with Crippen LogP contribution in [-0.4, -0.2) is 42.3 Å². The van der Waals surface area contributed by atoms with Crippen molar-refractivity contribution in [2.75, 3.05) is 18.1 Å². The molecule has 1 aliphatic heterocycles. The van der Waals surface area contributed by atoms with Crippen molar-refractivity contribution < 1.29 is 71.7 Å². The fourth-order valence-corrected chi connectivity index (χ4v) is 4.00. The summed E-state index contributed by atoms with van der Waals surface area (Å²) in [4.78, 5) is 51.4. The van der Waals surface area contributed by atoms with Crippen molar-refractivity contribution in [2.45, 2.75) is 25.6 Å². The van der Waals surface area contributed by atoms with E-state index in [-0.39, 0.29) is 59.4 Å². The number of aromatic nitrogens is 1. The Hall–Kier alpha value is -3.35. The number of carboxylic acids is 1. The van der Waals surface area contributed by atoms with Crippen LogP contribution < -0.4 is 45.1 Å². The molecular formula is C25H20F3N2NaO7. The number of pyridine rings is 1. The number of halogens is 3. The second-order valence-corrected chi connectivity index (χ2v) is 8.55. The number of H-pyrrole nitrogens is 1. The summed E-state index contributed by atoms with van der Waals surface area (Å²) in [5.41, 5.74) is -1.42. The Labute approximate surface area is 235 Å². The fourth-order valence-electron chi connectivity index (χ4n) is 4.00. The first kappa shape index (κ1) is 29.2. The molecule has 4 rings (SSSR count). The summed E-state index contributed by atoms with van der Waals surface area (Å²) >= 11 is 0. The number of ether oxygens (including phenoxy) is 2. The summed E-state index contributed by atoms with van der Waals surface area (Å²) in [6.07, 6.45) is -6.71. The molecule has 1 saturated heterocycles. The van der Waals surface area contributed by atoms with Gasteiger partial charge in [-0.05, 0) is 36.1 Å². The summed E-state index contributed by atoms with van der Waals surface area (Å²) in [6, 6.07) is 10.7. The Kier molecular flexibility index (Phi) is 8.90. The molecule has 0 bridgehead atoms. The van der Waals surface area contributed by atoms with Gasteiger partial charge in [0.2, 0.25) is 0 Å². The van der Waals surface area contributed by atoms with Gasteiger partial charge in [-0.15, -0.1) is 0 Å². The third-order valence-electron chi connectivity index (χ3n) is 5.82. The SMILES string of the molecule is CC(CC(=O)[O-])C(=O)OC[C@@H]1CN(c2ccc3cc(-c4ccccc4C(F)(F)F)[nH]c(=O)c3c2)C(=O)O1.[Na+]. The molecule has 1 N–H and O–H groups in total. The van der Waals surface area contributed by atoms with Crippen LogP contribution in [0.4, 0.5) is 23.7 Å². The van der Waals surface area contributed by atoms with Crippen LogP contribution in [-0.2, 0) is 25.2 Å². The van der Waals surface area contributed by atoms with Crippen LogP contribution in [0.3, 0.4) is 0 Å². The van der Waals surface area contributed by atoms with Crippen molar-refractivity contribution in [1.29, 1.82) is 0 Å². The van der Waals surface area contributed by atoms with Gasteiger partial charge in [0.1, 0.15) is 6.61 Å². The summed E-state index contributed by atoms with van der Waals surface area (Å²) < 4.78 is 50.5. The van der Waals surface area contributed by atoms with E-state index >= 15 is 0 Å². The number of benzene rings is 2. The van der Waals surface area contributed by atoms with Crippen LogP contribution in [0.25, 0.3) is 22.0 Å². The summed E-state index contributed by atoms with van der Waals surface area (Å²) in [5, 5.41) is 11.1. The van der Waals surface area contributed by atoms with Crippen molar-refractivity contribution in [2.24, 2.45) is 5.92 Å². The van der Waals surface area contributed by atoms with Gasteiger partial charge in [-0.3, -0.25) is 14.5 Å². The monoisotopic (exact) mass is 540 g/mol. The van der Waals surface area contributed by atoms with Crippen LogP contribution in [0.5, 0.6) is 0 Å². The predicted octanol–water partition coefficient (Wildman–Crippen LogP) is -0.138. The summed E-state index contributed by atoms with van der Waals surface area (Å²) in [5.74, 6) is -3.11. The van der Waals surface area contributed by atoms with Crippen LogP contribution >= 0.6 is 0 Å². The van der Waals surface area contributed by atoms with Crippen LogP contribution in [0.15, 0.2) is 53.3 Å². The van der Waals surface area contributed by atoms with Crippen molar-refractivity contribution >= 4 is 34.5 Å². The molecule has 194 valence electrons. The molecule has 1 unspecified atom stereocenters. The Morgan fingerprint density at radius 1 is 1.18 bits per heavy atom. The van der Waals surface area contributed by atoms with Crippen molar-refractivity contribution in [3.63, 3.8) is 0 Å². The number of carbonyl (C=O) groups is 3. The van der Waals surface area contributed by atoms with Gasteiger partial charge in [0.05, 0.1) is 18.0 Å². The first-order valence-electron chi connectivity index (χ1n) is 11.1. The van der Waals surface area contributed by atoms with E-state index < -0.39 is 53.8 Å². The molecular weight excluding hydrogens is 520 g/mol. The largest absolute Gasteiger partial charge is 1.00 e. The molecule has 13 heteroatoms. The number of fused-ring (bicyclic) bond motifs is 1. The average Bonchev–Trinajstić information content (AvgIpc) is 3.21. The Morgan fingerprint density at radius 2 is 1.89 bits per heavy atom. The van der Waals surface area contributed by atoms with Crippen molar-refractivity contribution in [3.05, 3.63) is 64.4 Å². The van der Waals surface area contributed by atoms with Crippen molar-refractivity contribution in [3.8, 4) is 11.3 Å². The van der Waals surface area contributed by atoms with Gasteiger partial charge >= 0.3 is 47.8 Å². The van der Waals surface area contributed by atoms with Gasteiger partial charge in [-0.25, -0.2) is 4.79 Å². The molecule has 2 aromatic carbocycles. The van der Waals surface area contributed by atoms with E-state index in [1.165, 1.54) is 54.3 Å². The van der Waals surface area contributed by atoms with Gasteiger partial charge in [-0.1, -0.05) is 31.2 Å². The van der Waals surface area contributed by atoms with E-state index in [1.807, 2.05) is 0 Å². The quantitative estimate of drug-likeness (QED) is 0.326. The molecule has 0 radical (unpaired) electrons. The van der Waals surface area contributed by atoms with E-state index in [1.54, 1.807) is 0 Å². The Bertz CT molecular complexity index is 1440. The topological polar surface area (TPSA) is 129 Å². The number of carbonyl (C=O) groups excluding carboxylic acids is 3. The zero-order valence-electron chi connectivity index (χ0n) is 20.3. The number of nitrogens with one attached hydrogen (secondary N) is 1. The number of hydrogen-bond donors (Lipinski definition) is 1. The number of carboxylic acid groups (broad SMARTS) is 1. The molecule has 0 aliphatic carbocycles. The fraction of sp³-hybridized carbons (Fsp3) is 0.280. The second-order valence-electron chi connectivity index (χ2n) is 8.55. The van der Waals surface area contributed by atoms with Gasteiger partial charge < -0.3 is 24.4 Å². The zero-order chi connectivity index (χ0) is 26.9. The number of aliphatic carboxylic acids is 1. The number of anilines is 1. The van der Waals surface area contributed by atoms with Crippen molar-refractivity contribution in [1.82, 2.24) is 4.98 Å². The summed E-state index contributed by atoms with van der Waals surface area (Å²) in [7, 11) is 0. The standard InChI is InChI=1S/C25H21F3N2O7.Na/c1-13(8-21(31)32)23(34)36-12-16-11-30(24(35)37-16)15-7-6-14-9-20(29-22(33)18(14)10-15)17-4-2-3-5-19(17)25(26,27)28;/h2-7,9-10,13,16H,8,11-12H2,1H3,(H,29,33)(H,31,32);/q;+1/p-1/t13?,16-;/m0./s1. The predicted molar refractivity (Wildman–Crippen MR) is 122 cm³/mol. The maximum atomic E-state index is 13.4. The van der Waals surface area contributed by atoms with E-state index in [0.29, 0.717) is 11.1 Å². The summed E-state index contributed by atoms with van der Waals surface area (Å²) in [6.45, 7) is 1.06. The van der Waals surface area contributed by atoms with E-state index in [9.17, 15) is 37.5 Å². The van der Waals surface area contributed by atoms with Gasteiger partial charge in [0, 0.05) is 28.3 Å². The third-order valence-corrected chi connectivity index (χ3v) is 5.82. The van der Waals surface area contributed by atoms with Crippen LogP contribution in [0.1, 0.15) is 18.9 Å². The molecule has 0 spiro atoms. The van der Waals surface area contributed by atoms with Crippen LogP contribution in [0.2, 0.25) is 0 Å². The van der Waals surface area contributed by atoms with Gasteiger partial charge in [0.25, 0.3) is 5.56 Å². The average molecular weight is 540 g/mol. The molecule has 2 atom stereocenters. The molecule has 1 amide bonds. The van der Waals surface area contributed by atoms with Crippen LogP contribution in [0, 0.1) is 5.92 Å². The number of amides is 1. The van der Waals surface area contributed by atoms with E-state index in [4.69, 9.17) is 9.47 Å². The number of rotatable bonds is 7. The molecule has 1 fully saturated rings. The smallest absolute Gasteiger partial charge is 0.550 e.